The molecule has 0 fully saturated rings. The van der Waals surface area contributed by atoms with Crippen molar-refractivity contribution in [3.63, 3.8) is 0 Å². The van der Waals surface area contributed by atoms with E-state index < -0.39 is 0 Å². The molecule has 0 aliphatic carbocycles. The highest BCUT2D eigenvalue weighted by atomic mass is 127. The summed E-state index contributed by atoms with van der Waals surface area (Å²) in [7, 11) is 1.40. The van der Waals surface area contributed by atoms with Gasteiger partial charge in [0.25, 0.3) is 0 Å². The van der Waals surface area contributed by atoms with Crippen molar-refractivity contribution >= 4 is 28.6 Å². The molecule has 5 heteroatoms. The molecule has 1 aromatic heterocycles. The highest BCUT2D eigenvalue weighted by molar-refractivity contribution is 14.1. The molecule has 1 atom stereocenters. The highest BCUT2D eigenvalue weighted by Gasteiger charge is 2.25. The first-order valence-corrected chi connectivity index (χ1v) is 5.41. The molecule has 0 aliphatic rings. The van der Waals surface area contributed by atoms with Crippen LogP contribution in [0.4, 0.5) is 0 Å². The number of aromatic nitrogens is 2. The van der Waals surface area contributed by atoms with Crippen molar-refractivity contribution in [2.45, 2.75) is 19.9 Å². The van der Waals surface area contributed by atoms with E-state index in [0.29, 0.717) is 0 Å². The summed E-state index contributed by atoms with van der Waals surface area (Å²) in [4.78, 5) is 11.5. The van der Waals surface area contributed by atoms with Crippen molar-refractivity contribution in [1.29, 1.82) is 0 Å². The van der Waals surface area contributed by atoms with Gasteiger partial charge >= 0.3 is 5.97 Å². The molecule has 1 unspecified atom stereocenters. The molecule has 0 amide bonds. The van der Waals surface area contributed by atoms with E-state index in [4.69, 9.17) is 4.74 Å². The highest BCUT2D eigenvalue weighted by Crippen LogP contribution is 2.19. The van der Waals surface area contributed by atoms with Crippen LogP contribution in [0.3, 0.4) is 0 Å². The number of carbonyl (C=O) groups is 1. The predicted molar refractivity (Wildman–Crippen MR) is 60.8 cm³/mol. The molecule has 0 N–H and O–H groups in total. The van der Waals surface area contributed by atoms with Crippen molar-refractivity contribution in [3.05, 3.63) is 16.0 Å². The van der Waals surface area contributed by atoms with E-state index in [1.807, 2.05) is 20.0 Å². The summed E-state index contributed by atoms with van der Waals surface area (Å²) in [6, 6.07) is -0.330. The molecular formula is C9H13IN2O2. The van der Waals surface area contributed by atoms with Gasteiger partial charge in [-0.2, -0.15) is 5.10 Å². The van der Waals surface area contributed by atoms with E-state index in [2.05, 4.69) is 27.7 Å². The molecule has 0 aliphatic heterocycles. The number of esters is 1. The molecule has 0 bridgehead atoms. The quantitative estimate of drug-likeness (QED) is 0.632. The smallest absolute Gasteiger partial charge is 0.330 e. The van der Waals surface area contributed by atoms with E-state index in [9.17, 15) is 4.79 Å². The van der Waals surface area contributed by atoms with Gasteiger partial charge in [-0.1, -0.05) is 13.8 Å². The fourth-order valence-electron chi connectivity index (χ4n) is 1.27. The normalized spacial score (nSPS) is 12.9. The average Bonchev–Trinajstić information content (AvgIpc) is 2.51. The molecule has 4 nitrogen and oxygen atoms in total. The molecule has 0 spiro atoms. The Kier molecular flexibility index (Phi) is 3.91. The monoisotopic (exact) mass is 308 g/mol. The minimum Gasteiger partial charge on any atom is -0.467 e. The van der Waals surface area contributed by atoms with Gasteiger partial charge in [0.05, 0.1) is 16.9 Å². The van der Waals surface area contributed by atoms with Gasteiger partial charge in [0.1, 0.15) is 0 Å². The lowest BCUT2D eigenvalue weighted by atomic mass is 10.1. The predicted octanol–water partition coefficient (Wildman–Crippen LogP) is 1.86. The molecular weight excluding hydrogens is 295 g/mol. The summed E-state index contributed by atoms with van der Waals surface area (Å²) in [5, 5.41) is 4.11. The summed E-state index contributed by atoms with van der Waals surface area (Å²) in [5.41, 5.74) is 0. The van der Waals surface area contributed by atoms with Crippen molar-refractivity contribution in [2.24, 2.45) is 5.92 Å². The van der Waals surface area contributed by atoms with Gasteiger partial charge in [0.2, 0.25) is 0 Å². The van der Waals surface area contributed by atoms with E-state index in [1.54, 1.807) is 10.9 Å². The van der Waals surface area contributed by atoms with Crippen molar-refractivity contribution in [1.82, 2.24) is 9.78 Å². The molecule has 0 saturated carbocycles. The maximum absolute atomic E-state index is 11.5. The Morgan fingerprint density at radius 2 is 2.29 bits per heavy atom. The lowest BCUT2D eigenvalue weighted by Gasteiger charge is -2.18. The Balaban J connectivity index is 2.94. The third-order valence-corrected chi connectivity index (χ3v) is 2.49. The average molecular weight is 308 g/mol. The number of rotatable bonds is 3. The molecule has 0 aromatic carbocycles. The third-order valence-electron chi connectivity index (χ3n) is 1.93. The van der Waals surface area contributed by atoms with Crippen LogP contribution >= 0.6 is 22.6 Å². The Hall–Kier alpha value is -0.590. The Labute approximate surface area is 96.8 Å². The van der Waals surface area contributed by atoms with Crippen molar-refractivity contribution < 1.29 is 9.53 Å². The van der Waals surface area contributed by atoms with E-state index >= 15 is 0 Å². The maximum Gasteiger partial charge on any atom is 0.330 e. The van der Waals surface area contributed by atoms with Crippen LogP contribution in [0.15, 0.2) is 12.4 Å². The SMILES string of the molecule is COC(=O)C(C(C)C)n1cc(I)cn1. The summed E-state index contributed by atoms with van der Waals surface area (Å²) in [5.74, 6) is -0.0855. The summed E-state index contributed by atoms with van der Waals surface area (Å²) >= 11 is 2.16. The van der Waals surface area contributed by atoms with Gasteiger partial charge in [0.15, 0.2) is 6.04 Å². The number of methoxy groups -OCH3 is 1. The number of hydrogen-bond donors (Lipinski definition) is 0. The zero-order chi connectivity index (χ0) is 10.7. The zero-order valence-electron chi connectivity index (χ0n) is 8.40. The number of hydrogen-bond acceptors (Lipinski definition) is 3. The van der Waals surface area contributed by atoms with Crippen molar-refractivity contribution in [2.75, 3.05) is 7.11 Å². The van der Waals surface area contributed by atoms with Crippen LogP contribution in [0, 0.1) is 9.49 Å². The number of carbonyl (C=O) groups excluding carboxylic acids is 1. The van der Waals surface area contributed by atoms with Gasteiger partial charge in [-0.3, -0.25) is 4.68 Å². The molecule has 14 heavy (non-hydrogen) atoms. The van der Waals surface area contributed by atoms with Gasteiger partial charge in [-0.05, 0) is 28.5 Å². The number of nitrogens with zero attached hydrogens (tertiary/aromatic N) is 2. The van der Waals surface area contributed by atoms with Gasteiger partial charge in [0, 0.05) is 6.20 Å². The molecule has 1 aromatic rings. The van der Waals surface area contributed by atoms with Crippen LogP contribution in [0.25, 0.3) is 0 Å². The second-order valence-electron chi connectivity index (χ2n) is 3.35. The minimum absolute atomic E-state index is 0.165. The zero-order valence-corrected chi connectivity index (χ0v) is 10.6. The van der Waals surface area contributed by atoms with Crippen LogP contribution in [-0.2, 0) is 9.53 Å². The molecule has 78 valence electrons. The van der Waals surface area contributed by atoms with Gasteiger partial charge < -0.3 is 4.74 Å². The van der Waals surface area contributed by atoms with Crippen LogP contribution in [0.5, 0.6) is 0 Å². The standard InChI is InChI=1S/C9H13IN2O2/c1-6(2)8(9(13)14-3)12-5-7(10)4-11-12/h4-6,8H,1-3H3. The van der Waals surface area contributed by atoms with E-state index in [-0.39, 0.29) is 17.9 Å². The fraction of sp³-hybridized carbons (Fsp3) is 0.556. The Bertz CT molecular complexity index is 322. The molecule has 1 heterocycles. The summed E-state index contributed by atoms with van der Waals surface area (Å²) in [6.07, 6.45) is 3.56. The molecule has 1 rings (SSSR count). The lowest BCUT2D eigenvalue weighted by Crippen LogP contribution is -2.26. The third kappa shape index (κ3) is 2.46. The first-order valence-electron chi connectivity index (χ1n) is 4.33. The van der Waals surface area contributed by atoms with Crippen LogP contribution < -0.4 is 0 Å². The molecule has 0 saturated heterocycles. The summed E-state index contributed by atoms with van der Waals surface area (Å²) in [6.45, 7) is 3.94. The minimum atomic E-state index is -0.330. The van der Waals surface area contributed by atoms with Crippen LogP contribution in [0.2, 0.25) is 0 Å². The van der Waals surface area contributed by atoms with Crippen LogP contribution in [-0.4, -0.2) is 22.9 Å². The topological polar surface area (TPSA) is 44.1 Å². The van der Waals surface area contributed by atoms with E-state index in [0.717, 1.165) is 3.57 Å². The number of halogens is 1. The van der Waals surface area contributed by atoms with E-state index in [1.165, 1.54) is 7.11 Å². The Morgan fingerprint density at radius 1 is 1.64 bits per heavy atom. The second kappa shape index (κ2) is 4.77. The Morgan fingerprint density at radius 3 is 2.64 bits per heavy atom. The number of ether oxygens (including phenoxy) is 1. The summed E-state index contributed by atoms with van der Waals surface area (Å²) < 4.78 is 7.40. The molecule has 0 radical (unpaired) electrons. The second-order valence-corrected chi connectivity index (χ2v) is 4.60. The first-order chi connectivity index (χ1) is 6.56. The van der Waals surface area contributed by atoms with Crippen molar-refractivity contribution in [3.8, 4) is 0 Å². The first kappa shape index (κ1) is 11.5. The largest absolute Gasteiger partial charge is 0.467 e. The lowest BCUT2D eigenvalue weighted by molar-refractivity contribution is -0.146. The fourth-order valence-corrected chi connectivity index (χ4v) is 1.68. The van der Waals surface area contributed by atoms with Gasteiger partial charge in [-0.15, -0.1) is 0 Å². The maximum atomic E-state index is 11.5. The van der Waals surface area contributed by atoms with Gasteiger partial charge in [-0.25, -0.2) is 4.79 Å². The van der Waals surface area contributed by atoms with Crippen LogP contribution in [0.1, 0.15) is 19.9 Å².